The second-order valence-electron chi connectivity index (χ2n) is 3.40. The highest BCUT2D eigenvalue weighted by Crippen LogP contribution is 2.33. The van der Waals surface area contributed by atoms with Crippen molar-refractivity contribution in [1.82, 2.24) is 0 Å². The van der Waals surface area contributed by atoms with Crippen molar-refractivity contribution in [2.75, 3.05) is 5.32 Å². The summed E-state index contributed by atoms with van der Waals surface area (Å²) in [7, 11) is 0. The summed E-state index contributed by atoms with van der Waals surface area (Å²) in [4.78, 5) is 0. The average Bonchev–Trinajstić information content (AvgIpc) is 2.15. The van der Waals surface area contributed by atoms with Crippen molar-refractivity contribution < 1.29 is 0 Å². The van der Waals surface area contributed by atoms with Gasteiger partial charge in [0.15, 0.2) is 0 Å². The van der Waals surface area contributed by atoms with Crippen LogP contribution in [0.3, 0.4) is 0 Å². The molecule has 1 heteroatoms. The van der Waals surface area contributed by atoms with Crippen LogP contribution in [-0.4, -0.2) is 0 Å². The number of benzene rings is 1. The summed E-state index contributed by atoms with van der Waals surface area (Å²) < 4.78 is 0. The maximum absolute atomic E-state index is 3.98. The number of rotatable bonds is 0. The molecule has 13 heavy (non-hydrogen) atoms. The minimum Gasteiger partial charge on any atom is -0.355 e. The van der Waals surface area contributed by atoms with E-state index < -0.39 is 0 Å². The van der Waals surface area contributed by atoms with E-state index in [1.807, 2.05) is 6.07 Å². The lowest BCUT2D eigenvalue weighted by atomic mass is 9.95. The van der Waals surface area contributed by atoms with Crippen molar-refractivity contribution >= 4 is 11.3 Å². The van der Waals surface area contributed by atoms with Crippen LogP contribution in [0.5, 0.6) is 0 Å². The molecule has 0 fully saturated rings. The molecule has 0 saturated heterocycles. The quantitative estimate of drug-likeness (QED) is 0.630. The number of anilines is 1. The lowest BCUT2D eigenvalue weighted by Crippen LogP contribution is -2.08. The van der Waals surface area contributed by atoms with Crippen LogP contribution in [0, 0.1) is 0 Å². The van der Waals surface area contributed by atoms with Crippen LogP contribution in [-0.2, 0) is 0 Å². The van der Waals surface area contributed by atoms with Gasteiger partial charge >= 0.3 is 0 Å². The van der Waals surface area contributed by atoms with E-state index in [0.29, 0.717) is 0 Å². The van der Waals surface area contributed by atoms with Crippen LogP contribution in [0.15, 0.2) is 42.1 Å². The van der Waals surface area contributed by atoms with Gasteiger partial charge in [-0.15, -0.1) is 0 Å². The Balaban J connectivity index is 2.66. The molecule has 1 aliphatic rings. The molecule has 0 unspecified atom stereocenters. The molecule has 1 N–H and O–H groups in total. The molecule has 66 valence electrons. The van der Waals surface area contributed by atoms with E-state index in [4.69, 9.17) is 0 Å². The second kappa shape index (κ2) is 2.77. The van der Waals surface area contributed by atoms with E-state index in [1.54, 1.807) is 0 Å². The SMILES string of the molecule is C=C1Nc2ccccc2C(C)=C1C. The average molecular weight is 171 g/mol. The van der Waals surface area contributed by atoms with Crippen LogP contribution >= 0.6 is 0 Å². The van der Waals surface area contributed by atoms with Gasteiger partial charge in [-0.3, -0.25) is 0 Å². The van der Waals surface area contributed by atoms with Crippen LogP contribution in [0.4, 0.5) is 5.69 Å². The minimum atomic E-state index is 1.01. The zero-order valence-electron chi connectivity index (χ0n) is 8.02. The zero-order chi connectivity index (χ0) is 9.42. The Hall–Kier alpha value is -1.50. The summed E-state index contributed by atoms with van der Waals surface area (Å²) in [6.07, 6.45) is 0. The third kappa shape index (κ3) is 1.17. The van der Waals surface area contributed by atoms with Crippen molar-refractivity contribution in [1.29, 1.82) is 0 Å². The second-order valence-corrected chi connectivity index (χ2v) is 3.40. The Morgan fingerprint density at radius 2 is 1.77 bits per heavy atom. The highest BCUT2D eigenvalue weighted by Gasteiger charge is 2.13. The Kier molecular flexibility index (Phi) is 1.73. The number of allylic oxidation sites excluding steroid dienone is 2. The molecule has 1 aromatic carbocycles. The molecule has 0 saturated carbocycles. The number of hydrogen-bond acceptors (Lipinski definition) is 1. The van der Waals surface area contributed by atoms with Crippen LogP contribution in [0.2, 0.25) is 0 Å². The third-order valence-electron chi connectivity index (χ3n) is 2.63. The molecule has 0 amide bonds. The van der Waals surface area contributed by atoms with Crippen molar-refractivity contribution in [2.45, 2.75) is 13.8 Å². The Bertz CT molecular complexity index is 399. The maximum Gasteiger partial charge on any atom is 0.0460 e. The van der Waals surface area contributed by atoms with E-state index in [2.05, 4.69) is 43.9 Å². The molecular formula is C12H13N. The summed E-state index contributed by atoms with van der Waals surface area (Å²) in [5, 5.41) is 3.29. The molecule has 0 radical (unpaired) electrons. The van der Waals surface area contributed by atoms with Crippen molar-refractivity contribution in [3.63, 3.8) is 0 Å². The molecule has 1 nitrogen and oxygen atoms in total. The van der Waals surface area contributed by atoms with Gasteiger partial charge in [-0.05, 0) is 31.1 Å². The molecular weight excluding hydrogens is 158 g/mol. The van der Waals surface area contributed by atoms with Gasteiger partial charge < -0.3 is 5.32 Å². The molecule has 1 heterocycles. The standard InChI is InChI=1S/C12H13N/c1-8-9(2)11-6-4-5-7-12(11)13-10(8)3/h4-7,13H,3H2,1-2H3. The highest BCUT2D eigenvalue weighted by atomic mass is 14.9. The minimum absolute atomic E-state index is 1.01. The fourth-order valence-corrected chi connectivity index (χ4v) is 1.60. The van der Waals surface area contributed by atoms with E-state index in [9.17, 15) is 0 Å². The number of para-hydroxylation sites is 1. The molecule has 2 rings (SSSR count). The lowest BCUT2D eigenvalue weighted by Gasteiger charge is -2.22. The van der Waals surface area contributed by atoms with Gasteiger partial charge in [-0.25, -0.2) is 0 Å². The third-order valence-corrected chi connectivity index (χ3v) is 2.63. The van der Waals surface area contributed by atoms with Gasteiger partial charge in [0, 0.05) is 16.9 Å². The largest absolute Gasteiger partial charge is 0.355 e. The Labute approximate surface area is 78.8 Å². The molecule has 0 aliphatic carbocycles. The van der Waals surface area contributed by atoms with E-state index in [-0.39, 0.29) is 0 Å². The molecule has 1 aromatic rings. The summed E-state index contributed by atoms with van der Waals surface area (Å²) in [6.45, 7) is 8.21. The predicted octanol–water partition coefficient (Wildman–Crippen LogP) is 3.42. The van der Waals surface area contributed by atoms with Crippen molar-refractivity contribution in [3.05, 3.63) is 47.7 Å². The Morgan fingerprint density at radius 3 is 2.54 bits per heavy atom. The normalized spacial score (nSPS) is 15.4. The fourth-order valence-electron chi connectivity index (χ4n) is 1.60. The smallest absolute Gasteiger partial charge is 0.0460 e. The molecule has 1 aliphatic heterocycles. The fraction of sp³-hybridized carbons (Fsp3) is 0.167. The summed E-state index contributed by atoms with van der Waals surface area (Å²) in [5.41, 5.74) is 6.03. The van der Waals surface area contributed by atoms with Crippen LogP contribution in [0.1, 0.15) is 19.4 Å². The summed E-state index contributed by atoms with van der Waals surface area (Å²) in [6, 6.07) is 8.31. The van der Waals surface area contributed by atoms with E-state index in [1.165, 1.54) is 16.7 Å². The van der Waals surface area contributed by atoms with E-state index >= 15 is 0 Å². The molecule has 0 bridgehead atoms. The van der Waals surface area contributed by atoms with Crippen LogP contribution in [0.25, 0.3) is 5.57 Å². The Morgan fingerprint density at radius 1 is 1.08 bits per heavy atom. The van der Waals surface area contributed by atoms with Gasteiger partial charge in [0.05, 0.1) is 0 Å². The number of hydrogen-bond donors (Lipinski definition) is 1. The predicted molar refractivity (Wildman–Crippen MR) is 57.5 cm³/mol. The zero-order valence-corrected chi connectivity index (χ0v) is 8.02. The monoisotopic (exact) mass is 171 g/mol. The van der Waals surface area contributed by atoms with Crippen molar-refractivity contribution in [3.8, 4) is 0 Å². The van der Waals surface area contributed by atoms with Gasteiger partial charge in [0.25, 0.3) is 0 Å². The first-order valence-corrected chi connectivity index (χ1v) is 4.43. The molecule has 0 aromatic heterocycles. The summed E-state index contributed by atoms with van der Waals surface area (Å²) >= 11 is 0. The van der Waals surface area contributed by atoms with Gasteiger partial charge in [-0.2, -0.15) is 0 Å². The molecule has 0 atom stereocenters. The first kappa shape index (κ1) is 8.11. The number of nitrogens with one attached hydrogen (secondary N) is 1. The lowest BCUT2D eigenvalue weighted by molar-refractivity contribution is 1.29. The first-order valence-electron chi connectivity index (χ1n) is 4.43. The summed E-state index contributed by atoms with van der Waals surface area (Å²) in [5.74, 6) is 0. The van der Waals surface area contributed by atoms with Gasteiger partial charge in [0.1, 0.15) is 0 Å². The van der Waals surface area contributed by atoms with Crippen LogP contribution < -0.4 is 5.32 Å². The maximum atomic E-state index is 3.98. The van der Waals surface area contributed by atoms with Gasteiger partial charge in [0.2, 0.25) is 0 Å². The molecule has 0 spiro atoms. The highest BCUT2D eigenvalue weighted by molar-refractivity contribution is 5.84. The topological polar surface area (TPSA) is 12.0 Å². The van der Waals surface area contributed by atoms with Crippen molar-refractivity contribution in [2.24, 2.45) is 0 Å². The first-order chi connectivity index (χ1) is 6.20. The number of fused-ring (bicyclic) bond motifs is 1. The van der Waals surface area contributed by atoms with E-state index in [0.717, 1.165) is 11.4 Å². The van der Waals surface area contributed by atoms with Gasteiger partial charge in [-0.1, -0.05) is 24.8 Å².